The van der Waals surface area contributed by atoms with Crippen LogP contribution < -0.4 is 40.7 Å². The van der Waals surface area contributed by atoms with Crippen molar-refractivity contribution in [1.82, 2.24) is 35.7 Å². The van der Waals surface area contributed by atoms with E-state index >= 15 is 4.39 Å². The molecule has 0 radical (unpaired) electrons. The number of fused-ring (bicyclic) bond motifs is 1. The first-order valence-corrected chi connectivity index (χ1v) is 32.9. The molecule has 9 rings (SSSR count). The number of imide groups is 2. The fourth-order valence-electron chi connectivity index (χ4n) is 12.5. The van der Waals surface area contributed by atoms with Gasteiger partial charge in [0.25, 0.3) is 17.7 Å². The van der Waals surface area contributed by atoms with E-state index < -0.39 is 63.9 Å². The van der Waals surface area contributed by atoms with Gasteiger partial charge in [-0.15, -0.1) is 0 Å². The summed E-state index contributed by atoms with van der Waals surface area (Å²) >= 11 is 0. The van der Waals surface area contributed by atoms with Gasteiger partial charge in [0.15, 0.2) is 5.82 Å². The summed E-state index contributed by atoms with van der Waals surface area (Å²) in [6.07, 6.45) is 13.1. The van der Waals surface area contributed by atoms with Crippen LogP contribution in [0.4, 0.5) is 33.2 Å². The Kier molecular flexibility index (Phi) is 21.3. The highest BCUT2D eigenvalue weighted by molar-refractivity contribution is 7.61. The van der Waals surface area contributed by atoms with E-state index in [2.05, 4.69) is 40.4 Å². The molecule has 87 heavy (non-hydrogen) atoms. The van der Waals surface area contributed by atoms with E-state index in [-0.39, 0.29) is 85.5 Å². The zero-order valence-electron chi connectivity index (χ0n) is 49.3. The summed E-state index contributed by atoms with van der Waals surface area (Å²) in [6, 6.07) is 9.47. The van der Waals surface area contributed by atoms with E-state index in [4.69, 9.17) is 18.8 Å². The van der Waals surface area contributed by atoms with Crippen molar-refractivity contribution in [2.45, 2.75) is 133 Å². The Morgan fingerprint density at radius 3 is 2.26 bits per heavy atom. The second-order valence-electron chi connectivity index (χ2n) is 23.0. The zero-order valence-corrected chi connectivity index (χ0v) is 51.1. The number of nitrogens with zero attached hydrogens (tertiary/aromatic N) is 7. The average molecular weight is 1250 g/mol. The molecule has 26 nitrogen and oxygen atoms in total. The van der Waals surface area contributed by atoms with Gasteiger partial charge in [0.2, 0.25) is 29.6 Å². The van der Waals surface area contributed by atoms with Crippen molar-refractivity contribution in [3.05, 3.63) is 71.7 Å². The number of carbonyl (C=O) groups is 7. The van der Waals surface area contributed by atoms with Crippen LogP contribution in [-0.2, 0) is 51.3 Å². The highest BCUT2D eigenvalue weighted by Gasteiger charge is 2.43. The summed E-state index contributed by atoms with van der Waals surface area (Å²) in [5.41, 5.74) is 1.26. The van der Waals surface area contributed by atoms with Crippen molar-refractivity contribution >= 4 is 85.8 Å². The number of unbranched alkanes of at least 4 members (excludes halogenated alkanes) is 2. The molecule has 3 saturated heterocycles. The summed E-state index contributed by atoms with van der Waals surface area (Å²) in [4.78, 5) is 128. The number of nitrogens with one attached hydrogen (secondary N) is 4. The van der Waals surface area contributed by atoms with Crippen LogP contribution in [0.2, 0.25) is 0 Å². The van der Waals surface area contributed by atoms with E-state index in [1.165, 1.54) is 25.3 Å². The highest BCUT2D eigenvalue weighted by Crippen LogP contribution is 2.60. The van der Waals surface area contributed by atoms with Crippen LogP contribution in [0.15, 0.2) is 54.7 Å². The molecule has 3 unspecified atom stereocenters. The van der Waals surface area contributed by atoms with Crippen molar-refractivity contribution in [2.75, 3.05) is 93.2 Å². The van der Waals surface area contributed by atoms with E-state index in [1.807, 2.05) is 11.8 Å². The summed E-state index contributed by atoms with van der Waals surface area (Å²) in [7, 11) is -7.29. The number of likely N-dealkylation sites (N-methyl/N-ethyl adjacent to an activating group) is 1. The van der Waals surface area contributed by atoms with Crippen LogP contribution in [0.25, 0.3) is 0 Å². The molecule has 0 bridgehead atoms. The number of aromatic nitrogens is 2. The first-order chi connectivity index (χ1) is 41.6. The molecule has 0 spiro atoms. The van der Waals surface area contributed by atoms with Gasteiger partial charge in [0, 0.05) is 95.0 Å². The fourth-order valence-corrected chi connectivity index (χ4v) is 14.6. The number of rotatable bonds is 27. The number of anilines is 5. The molecule has 6 heterocycles. The van der Waals surface area contributed by atoms with E-state index in [0.29, 0.717) is 105 Å². The third-order valence-corrected chi connectivity index (χ3v) is 20.0. The maximum absolute atomic E-state index is 15.6. The lowest BCUT2D eigenvalue weighted by atomic mass is 9.83. The van der Waals surface area contributed by atoms with Crippen molar-refractivity contribution in [3.8, 4) is 5.75 Å². The number of hydrogen-bond acceptors (Lipinski definition) is 19. The second-order valence-corrected chi connectivity index (χ2v) is 26.1. The average Bonchev–Trinajstić information content (AvgIpc) is 1.71. The Hall–Kier alpha value is -6.70. The van der Waals surface area contributed by atoms with E-state index in [1.54, 1.807) is 48.5 Å². The van der Waals surface area contributed by atoms with Gasteiger partial charge in [-0.2, -0.15) is 9.29 Å². The Morgan fingerprint density at radius 1 is 0.874 bits per heavy atom. The molecule has 472 valence electrons. The van der Waals surface area contributed by atoms with Gasteiger partial charge in [0.1, 0.15) is 23.3 Å². The van der Waals surface area contributed by atoms with Gasteiger partial charge < -0.3 is 50.1 Å². The van der Waals surface area contributed by atoms with Gasteiger partial charge in [-0.3, -0.25) is 52.8 Å². The van der Waals surface area contributed by atoms with Crippen molar-refractivity contribution in [1.29, 1.82) is 0 Å². The van der Waals surface area contributed by atoms with Crippen LogP contribution in [0, 0.1) is 11.7 Å². The number of ether oxygens (including phenoxy) is 1. The molecule has 5 aliphatic heterocycles. The van der Waals surface area contributed by atoms with Crippen molar-refractivity contribution < 1.29 is 75.0 Å². The van der Waals surface area contributed by atoms with Crippen LogP contribution in [0.3, 0.4) is 0 Å². The number of hydrogen-bond donors (Lipinski definition) is 6. The standard InChI is InChI=1S/C58H78FN11O15P2/c1-4-45-56(77)66(2)47-36-61-57(64-53(47)70(45)41-10-7-8-11-41)62-44-16-13-40(35-48(44)82-3)54(75)65-58(25-32-83-86(78,79)85-87(80,81)84-33-26-60-49(71)12-6-5-9-27-69-51(73)19-20-52(69)74)23-30-67(31-24-58)37-38-21-28-68(29-22-38)46-17-14-39(34-43(46)59)42-15-18-50(72)63-55(42)76/h13-14,16-17,19-20,34-36,38,41-42,45H,4-12,15,18,21-33,37H2,1-3H3,(H,60,71)(H,65,75)(H,78,79)(H,80,81)(H,61,62,64)(H,63,72,76)/t42?,45-/m1/s1. The molecule has 1 aliphatic carbocycles. The minimum Gasteiger partial charge on any atom is -0.495 e. The fraction of sp³-hybridized carbons (Fsp3) is 0.569. The molecule has 1 aromatic heterocycles. The number of benzene rings is 2. The monoisotopic (exact) mass is 1250 g/mol. The smallest absolute Gasteiger partial charge is 0.481 e. The topological polar surface area (TPSA) is 321 Å². The SMILES string of the molecule is CC[C@@H]1C(=O)N(C)c2cnc(Nc3ccc(C(=O)NC4(CCOP(=O)(O)OP(=O)(O)OCCNC(=O)CCCCCN5C(=O)C=CC5=O)CCN(CC5CCN(c6ccc(C7CCC(=O)NC7=O)cc6F)CC5)CC4)cc3OC)nc2N1C1CCCC1. The first-order valence-electron chi connectivity index (χ1n) is 29.9. The number of amides is 7. The zero-order chi connectivity index (χ0) is 62.0. The minimum absolute atomic E-state index is 0.00663. The number of likely N-dealkylation sites (tertiary alicyclic amines) is 1. The normalized spacial score (nSPS) is 21.6. The summed E-state index contributed by atoms with van der Waals surface area (Å²) in [5, 5.41) is 11.3. The van der Waals surface area contributed by atoms with Gasteiger partial charge in [-0.1, -0.05) is 32.3 Å². The van der Waals surface area contributed by atoms with Crippen LogP contribution in [0.1, 0.15) is 131 Å². The number of halogens is 1. The maximum Gasteiger partial charge on any atom is 0.481 e. The number of methoxy groups -OCH3 is 1. The number of carbonyl (C=O) groups excluding carboxylic acids is 7. The lowest BCUT2D eigenvalue weighted by Crippen LogP contribution is -2.56. The van der Waals surface area contributed by atoms with Gasteiger partial charge in [-0.05, 0) is 112 Å². The summed E-state index contributed by atoms with van der Waals surface area (Å²) < 4.78 is 62.1. The Balaban J connectivity index is 0.807. The first kappa shape index (κ1) is 64.8. The minimum atomic E-state index is -5.27. The molecule has 7 amide bonds. The number of phosphoric acid groups is 2. The molecule has 3 aromatic rings. The van der Waals surface area contributed by atoms with Gasteiger partial charge in [0.05, 0.1) is 43.8 Å². The molecule has 29 heteroatoms. The Labute approximate surface area is 504 Å². The molecular weight excluding hydrogens is 1170 g/mol. The Morgan fingerprint density at radius 2 is 1.59 bits per heavy atom. The third-order valence-electron chi connectivity index (χ3n) is 17.3. The van der Waals surface area contributed by atoms with Crippen LogP contribution >= 0.6 is 15.6 Å². The molecule has 6 N–H and O–H groups in total. The highest BCUT2D eigenvalue weighted by atomic mass is 31.3. The van der Waals surface area contributed by atoms with E-state index in [9.17, 15) is 52.5 Å². The second kappa shape index (κ2) is 28.6. The predicted octanol–water partition coefficient (Wildman–Crippen LogP) is 6.12. The Bertz CT molecular complexity index is 3170. The largest absolute Gasteiger partial charge is 0.495 e. The van der Waals surface area contributed by atoms with Gasteiger partial charge in [-0.25, -0.2) is 18.5 Å². The van der Waals surface area contributed by atoms with Crippen LogP contribution in [-0.4, -0.2) is 162 Å². The molecule has 6 aliphatic rings. The quantitative estimate of drug-likeness (QED) is 0.0285. The van der Waals surface area contributed by atoms with Crippen molar-refractivity contribution in [2.24, 2.45) is 5.92 Å². The lowest BCUT2D eigenvalue weighted by Gasteiger charge is -2.44. The van der Waals surface area contributed by atoms with Gasteiger partial charge >= 0.3 is 15.6 Å². The molecule has 2 aromatic carbocycles. The molecular formula is C58H78FN11O15P2. The number of phosphoric ester groups is 2. The van der Waals surface area contributed by atoms with Crippen molar-refractivity contribution in [3.63, 3.8) is 0 Å². The molecule has 4 fully saturated rings. The summed E-state index contributed by atoms with van der Waals surface area (Å²) in [5.74, 6) is -1.95. The molecule has 1 saturated carbocycles. The predicted molar refractivity (Wildman–Crippen MR) is 317 cm³/mol. The lowest BCUT2D eigenvalue weighted by molar-refractivity contribution is -0.137. The third kappa shape index (κ3) is 16.3. The van der Waals surface area contributed by atoms with Crippen LogP contribution in [0.5, 0.6) is 5.75 Å². The number of piperidine rings is 3. The maximum atomic E-state index is 15.6. The summed E-state index contributed by atoms with van der Waals surface area (Å²) in [6.45, 7) is 3.88. The molecule has 4 atom stereocenters. The van der Waals surface area contributed by atoms with E-state index in [0.717, 1.165) is 50.0 Å².